The molecule has 40 heavy (non-hydrogen) atoms. The Morgan fingerprint density at radius 2 is 1.85 bits per heavy atom. The first-order chi connectivity index (χ1) is 18.7. The summed E-state index contributed by atoms with van der Waals surface area (Å²) in [6, 6.07) is 6.28. The lowest BCUT2D eigenvalue weighted by Gasteiger charge is -2.47. The molecule has 3 unspecified atom stereocenters. The van der Waals surface area contributed by atoms with Gasteiger partial charge in [-0.1, -0.05) is 35.3 Å². The fourth-order valence-electron chi connectivity index (χ4n) is 5.63. The number of halogens is 9. The van der Waals surface area contributed by atoms with Crippen LogP contribution < -0.4 is 5.32 Å². The van der Waals surface area contributed by atoms with E-state index in [2.05, 4.69) is 17.2 Å². The Hall–Kier alpha value is -2.22. The fourth-order valence-corrected chi connectivity index (χ4v) is 6.31. The Morgan fingerprint density at radius 1 is 1.20 bits per heavy atom. The number of fused-ring (bicyclic) bond motifs is 2. The average molecular weight is 630 g/mol. The maximum atomic E-state index is 15.1. The lowest BCUT2D eigenvalue weighted by molar-refractivity contribution is -0.132. The average Bonchev–Trinajstić information content (AvgIpc) is 3.28. The van der Waals surface area contributed by atoms with Crippen LogP contribution in [0, 0.1) is 11.7 Å². The third kappa shape index (κ3) is 4.92. The molecule has 1 spiro atoms. The summed E-state index contributed by atoms with van der Waals surface area (Å²) in [5.74, 6) is -2.66. The van der Waals surface area contributed by atoms with Crippen molar-refractivity contribution in [3.05, 3.63) is 68.4 Å². The highest BCUT2D eigenvalue weighted by atomic mass is 35.5. The highest BCUT2D eigenvalue weighted by Gasteiger charge is 2.71. The molecule has 1 N–H and O–H groups in total. The molecule has 1 saturated carbocycles. The van der Waals surface area contributed by atoms with Crippen LogP contribution in [0.4, 0.5) is 35.5 Å². The summed E-state index contributed by atoms with van der Waals surface area (Å²) in [4.78, 5) is 13.2. The van der Waals surface area contributed by atoms with Crippen molar-refractivity contribution in [2.24, 2.45) is 10.3 Å². The third-order valence-corrected chi connectivity index (χ3v) is 8.51. The molecule has 2 heterocycles. The van der Waals surface area contributed by atoms with Crippen LogP contribution in [0.1, 0.15) is 28.7 Å². The minimum atomic E-state index is -4.54. The second-order valence-electron chi connectivity index (χ2n) is 10.1. The van der Waals surface area contributed by atoms with Crippen molar-refractivity contribution in [3.8, 4) is 0 Å². The normalized spacial score (nSPS) is 25.3. The highest BCUT2D eigenvalue weighted by Crippen LogP contribution is 2.62. The molecule has 216 valence electrons. The number of thiol groups is 1. The van der Waals surface area contributed by atoms with E-state index in [9.17, 15) is 31.1 Å². The molecule has 1 saturated heterocycles. The van der Waals surface area contributed by atoms with Crippen LogP contribution in [0.25, 0.3) is 0 Å². The molecule has 3 aliphatic rings. The van der Waals surface area contributed by atoms with Crippen LogP contribution in [0.5, 0.6) is 0 Å². The zero-order valence-electron chi connectivity index (χ0n) is 20.2. The Bertz CT molecular complexity index is 1360. The molecular formula is C25H20Cl2F7N3O2S. The predicted octanol–water partition coefficient (Wildman–Crippen LogP) is 6.64. The minimum Gasteiger partial charge on any atom is -0.362 e. The van der Waals surface area contributed by atoms with Crippen LogP contribution in [0.3, 0.4) is 0 Å². The molecule has 1 aliphatic carbocycles. The largest absolute Gasteiger partial charge is 0.405 e. The number of benzene rings is 2. The summed E-state index contributed by atoms with van der Waals surface area (Å²) in [5, 5.41) is 0.952. The van der Waals surface area contributed by atoms with Crippen molar-refractivity contribution < 1.29 is 40.3 Å². The van der Waals surface area contributed by atoms with Crippen molar-refractivity contribution in [2.75, 3.05) is 19.6 Å². The lowest BCUT2D eigenvalue weighted by Crippen LogP contribution is -2.63. The molecule has 2 aliphatic heterocycles. The van der Waals surface area contributed by atoms with Gasteiger partial charge in [0.25, 0.3) is 0 Å². The van der Waals surface area contributed by atoms with Gasteiger partial charge in [0.1, 0.15) is 18.3 Å². The second-order valence-corrected chi connectivity index (χ2v) is 11.1. The molecule has 2 aromatic carbocycles. The van der Waals surface area contributed by atoms with E-state index in [4.69, 9.17) is 27.9 Å². The number of urea groups is 1. The molecule has 0 aromatic heterocycles. The first-order valence-corrected chi connectivity index (χ1v) is 13.0. The standard InChI is InChI=1S/C25H20Cl2F7N3O2S/c26-15-4-13(5-16(27)19(15)28)24(18(20(24)29)21(30)31)6-17(36-40)11-1-2-14-12(3-11)7-39-23(14)9-37(10-23)22(38)35-8-25(32,33)34/h1-5,18,20-21,40H,6-10H2,(H,35,38). The second kappa shape index (κ2) is 10.2. The number of amides is 2. The summed E-state index contributed by atoms with van der Waals surface area (Å²) in [5.41, 5.74) is -0.644. The van der Waals surface area contributed by atoms with Gasteiger partial charge in [0.2, 0.25) is 6.43 Å². The number of alkyl halides is 6. The number of rotatable bonds is 6. The number of likely N-dealkylation sites (tertiary alicyclic amines) is 1. The van der Waals surface area contributed by atoms with E-state index in [0.717, 1.165) is 12.1 Å². The maximum absolute atomic E-state index is 15.1. The Kier molecular flexibility index (Phi) is 7.50. The van der Waals surface area contributed by atoms with Crippen molar-refractivity contribution in [1.82, 2.24) is 10.2 Å². The van der Waals surface area contributed by atoms with E-state index in [1.165, 1.54) is 4.90 Å². The van der Waals surface area contributed by atoms with Crippen molar-refractivity contribution in [1.29, 1.82) is 0 Å². The van der Waals surface area contributed by atoms with Gasteiger partial charge in [0, 0.05) is 11.8 Å². The molecule has 5 rings (SSSR count). The van der Waals surface area contributed by atoms with E-state index < -0.39 is 64.1 Å². The smallest absolute Gasteiger partial charge is 0.362 e. The van der Waals surface area contributed by atoms with Crippen LogP contribution in [-0.4, -0.2) is 55.1 Å². The molecule has 0 bridgehead atoms. The van der Waals surface area contributed by atoms with Gasteiger partial charge in [0.15, 0.2) is 5.82 Å². The van der Waals surface area contributed by atoms with Crippen molar-refractivity contribution >= 4 is 47.8 Å². The molecule has 0 radical (unpaired) electrons. The van der Waals surface area contributed by atoms with Crippen molar-refractivity contribution in [2.45, 2.75) is 42.8 Å². The number of hydrogen-bond donors (Lipinski definition) is 2. The van der Waals surface area contributed by atoms with Gasteiger partial charge >= 0.3 is 12.2 Å². The molecular weight excluding hydrogens is 610 g/mol. The summed E-state index contributed by atoms with van der Waals surface area (Å²) < 4.78 is 104. The van der Waals surface area contributed by atoms with E-state index in [1.807, 2.05) is 5.32 Å². The van der Waals surface area contributed by atoms with Gasteiger partial charge in [0.05, 0.1) is 41.4 Å². The van der Waals surface area contributed by atoms with Crippen LogP contribution in [-0.2, 0) is 22.4 Å². The number of carbonyl (C=O) groups excluding carboxylic acids is 1. The summed E-state index contributed by atoms with van der Waals surface area (Å²) in [6.45, 7) is -1.27. The number of hydrogen-bond acceptors (Lipinski definition) is 4. The SMILES string of the molecule is O=C(NCC(F)(F)F)N1CC2(C1)OCc1cc(C(CC3(c4cc(Cl)c(F)c(Cl)c4)C(F)C3C(F)F)=NS)ccc12. The molecule has 5 nitrogen and oxygen atoms in total. The Balaban J connectivity index is 1.37. The van der Waals surface area contributed by atoms with Gasteiger partial charge in [-0.05, 0) is 53.3 Å². The third-order valence-electron chi connectivity index (χ3n) is 7.72. The Morgan fingerprint density at radius 3 is 2.40 bits per heavy atom. The maximum Gasteiger partial charge on any atom is 0.405 e. The number of carbonyl (C=O) groups is 1. The van der Waals surface area contributed by atoms with Crippen LogP contribution in [0.2, 0.25) is 10.0 Å². The first-order valence-electron chi connectivity index (χ1n) is 11.9. The minimum absolute atomic E-state index is 0.0120. The number of nitrogens with one attached hydrogen (secondary N) is 1. The molecule has 2 aromatic rings. The van der Waals surface area contributed by atoms with E-state index in [-0.39, 0.29) is 37.4 Å². The molecule has 2 amide bonds. The van der Waals surface area contributed by atoms with E-state index >= 15 is 4.39 Å². The van der Waals surface area contributed by atoms with E-state index in [0.29, 0.717) is 16.7 Å². The topological polar surface area (TPSA) is 53.9 Å². The quantitative estimate of drug-likeness (QED) is 0.163. The molecule has 3 atom stereocenters. The highest BCUT2D eigenvalue weighted by molar-refractivity contribution is 7.79. The van der Waals surface area contributed by atoms with Crippen LogP contribution >= 0.6 is 36.0 Å². The number of nitrogens with zero attached hydrogens (tertiary/aromatic N) is 2. The summed E-state index contributed by atoms with van der Waals surface area (Å²) in [7, 11) is 0. The van der Waals surface area contributed by atoms with Gasteiger partial charge in [-0.15, -0.1) is 0 Å². The van der Waals surface area contributed by atoms with Gasteiger partial charge < -0.3 is 15.0 Å². The molecule has 15 heteroatoms. The monoisotopic (exact) mass is 629 g/mol. The van der Waals surface area contributed by atoms with Gasteiger partial charge in [-0.3, -0.25) is 0 Å². The van der Waals surface area contributed by atoms with Gasteiger partial charge in [-0.25, -0.2) is 26.8 Å². The van der Waals surface area contributed by atoms with Crippen molar-refractivity contribution in [3.63, 3.8) is 0 Å². The zero-order valence-corrected chi connectivity index (χ0v) is 22.6. The first kappa shape index (κ1) is 29.3. The molecule has 2 fully saturated rings. The Labute approximate surface area is 239 Å². The van der Waals surface area contributed by atoms with E-state index in [1.54, 1.807) is 18.2 Å². The summed E-state index contributed by atoms with van der Waals surface area (Å²) >= 11 is 15.8. The number of ether oxygens (including phenoxy) is 1. The summed E-state index contributed by atoms with van der Waals surface area (Å²) in [6.07, 6.45) is -9.87. The predicted molar refractivity (Wildman–Crippen MR) is 137 cm³/mol. The fraction of sp³-hybridized carbons (Fsp3) is 0.440. The zero-order chi connectivity index (χ0) is 29.2. The lowest BCUT2D eigenvalue weighted by atomic mass is 9.82. The van der Waals surface area contributed by atoms with Gasteiger partial charge in [-0.2, -0.15) is 13.2 Å². The van der Waals surface area contributed by atoms with Crippen LogP contribution in [0.15, 0.2) is 34.7 Å².